The summed E-state index contributed by atoms with van der Waals surface area (Å²) in [6.45, 7) is 1.35. The van der Waals surface area contributed by atoms with Gasteiger partial charge >= 0.3 is 0 Å². The number of fused-ring (bicyclic) bond motifs is 3. The lowest BCUT2D eigenvalue weighted by Crippen LogP contribution is -2.18. The molecule has 0 radical (unpaired) electrons. The van der Waals surface area contributed by atoms with Gasteiger partial charge in [0, 0.05) is 12.2 Å². The predicted molar refractivity (Wildman–Crippen MR) is 110 cm³/mol. The van der Waals surface area contributed by atoms with Gasteiger partial charge in [-0.25, -0.2) is 14.4 Å². The Morgan fingerprint density at radius 2 is 1.86 bits per heavy atom. The van der Waals surface area contributed by atoms with Crippen LogP contribution >= 0.6 is 0 Å². The third-order valence-corrected chi connectivity index (χ3v) is 4.60. The van der Waals surface area contributed by atoms with Crippen LogP contribution in [0, 0.1) is 5.82 Å². The van der Waals surface area contributed by atoms with Crippen LogP contribution in [0.3, 0.4) is 0 Å². The van der Waals surface area contributed by atoms with E-state index in [2.05, 4.69) is 20.6 Å². The van der Waals surface area contributed by atoms with Crippen LogP contribution in [0.4, 0.5) is 21.6 Å². The molecule has 0 spiro atoms. The van der Waals surface area contributed by atoms with E-state index in [1.807, 2.05) is 24.3 Å². The highest BCUT2D eigenvalue weighted by Gasteiger charge is 2.17. The third kappa shape index (κ3) is 3.38. The molecule has 4 aromatic rings. The maximum atomic E-state index is 13.8. The standard InChI is InChI=1S/C22H17FN4O2/c23-16-3-1-2-4-19(16)29-15-7-5-14(6-8-15)27-22-20-17(25-13-26-22)9-10-18-21(20)28-12-11-24-18/h1-10,13,24H,11-12H2,(H,25,26,27). The molecular formula is C22H17FN4O2. The summed E-state index contributed by atoms with van der Waals surface area (Å²) < 4.78 is 25.2. The van der Waals surface area contributed by atoms with Crippen LogP contribution in [-0.2, 0) is 0 Å². The van der Waals surface area contributed by atoms with Gasteiger partial charge in [-0.15, -0.1) is 0 Å². The molecule has 0 aliphatic carbocycles. The number of anilines is 3. The minimum atomic E-state index is -0.402. The second-order valence-corrected chi connectivity index (χ2v) is 6.52. The molecule has 5 rings (SSSR count). The van der Waals surface area contributed by atoms with Gasteiger partial charge < -0.3 is 20.1 Å². The number of hydrogen-bond donors (Lipinski definition) is 2. The SMILES string of the molecule is Fc1ccccc1Oc1ccc(Nc2ncnc3ccc4c(c23)OCCN4)cc1. The maximum absolute atomic E-state index is 13.8. The van der Waals surface area contributed by atoms with Gasteiger partial charge in [-0.2, -0.15) is 0 Å². The van der Waals surface area contributed by atoms with E-state index in [4.69, 9.17) is 9.47 Å². The molecule has 0 amide bonds. The fourth-order valence-corrected chi connectivity index (χ4v) is 3.24. The Morgan fingerprint density at radius 3 is 2.72 bits per heavy atom. The summed E-state index contributed by atoms with van der Waals surface area (Å²) in [7, 11) is 0. The molecule has 0 bridgehead atoms. The number of nitrogens with one attached hydrogen (secondary N) is 2. The van der Waals surface area contributed by atoms with Gasteiger partial charge in [0.1, 0.15) is 24.5 Å². The molecule has 6 nitrogen and oxygen atoms in total. The van der Waals surface area contributed by atoms with E-state index < -0.39 is 5.82 Å². The fourth-order valence-electron chi connectivity index (χ4n) is 3.24. The molecule has 2 N–H and O–H groups in total. The van der Waals surface area contributed by atoms with Gasteiger partial charge in [-0.1, -0.05) is 12.1 Å². The van der Waals surface area contributed by atoms with Gasteiger partial charge in [0.05, 0.1) is 16.6 Å². The van der Waals surface area contributed by atoms with Crippen LogP contribution in [0.2, 0.25) is 0 Å². The smallest absolute Gasteiger partial charge is 0.165 e. The van der Waals surface area contributed by atoms with E-state index in [0.29, 0.717) is 18.2 Å². The fraction of sp³-hybridized carbons (Fsp3) is 0.0909. The average molecular weight is 388 g/mol. The molecule has 1 aromatic heterocycles. The van der Waals surface area contributed by atoms with E-state index in [9.17, 15) is 4.39 Å². The summed E-state index contributed by atoms with van der Waals surface area (Å²) in [5.74, 6) is 1.72. The van der Waals surface area contributed by atoms with E-state index >= 15 is 0 Å². The predicted octanol–water partition coefficient (Wildman–Crippen LogP) is 5.11. The lowest BCUT2D eigenvalue weighted by molar-refractivity contribution is 0.327. The number of halogens is 1. The van der Waals surface area contributed by atoms with E-state index in [1.165, 1.54) is 12.4 Å². The molecule has 0 fully saturated rings. The summed E-state index contributed by atoms with van der Waals surface area (Å²) in [6, 6.07) is 17.4. The first-order valence-corrected chi connectivity index (χ1v) is 9.22. The summed E-state index contributed by atoms with van der Waals surface area (Å²) in [5, 5.41) is 7.46. The van der Waals surface area contributed by atoms with Crippen LogP contribution in [0.15, 0.2) is 67.0 Å². The van der Waals surface area contributed by atoms with Crippen molar-refractivity contribution in [2.45, 2.75) is 0 Å². The molecule has 2 heterocycles. The number of hydrogen-bond acceptors (Lipinski definition) is 6. The zero-order valence-corrected chi connectivity index (χ0v) is 15.4. The molecule has 1 aliphatic rings. The molecule has 7 heteroatoms. The Kier molecular flexibility index (Phi) is 4.32. The van der Waals surface area contributed by atoms with E-state index in [-0.39, 0.29) is 5.75 Å². The van der Waals surface area contributed by atoms with Crippen molar-refractivity contribution in [2.75, 3.05) is 23.8 Å². The molecule has 0 unspecified atom stereocenters. The van der Waals surface area contributed by atoms with E-state index in [0.717, 1.165) is 34.6 Å². The van der Waals surface area contributed by atoms with Crippen molar-refractivity contribution in [2.24, 2.45) is 0 Å². The number of nitrogens with zero attached hydrogens (tertiary/aromatic N) is 2. The van der Waals surface area contributed by atoms with Gasteiger partial charge in [-0.3, -0.25) is 0 Å². The van der Waals surface area contributed by atoms with E-state index in [1.54, 1.807) is 30.3 Å². The summed E-state index contributed by atoms with van der Waals surface area (Å²) in [6.07, 6.45) is 1.52. The van der Waals surface area contributed by atoms with Crippen LogP contribution in [0.1, 0.15) is 0 Å². The lowest BCUT2D eigenvalue weighted by Gasteiger charge is -2.21. The Morgan fingerprint density at radius 1 is 1.00 bits per heavy atom. The molecule has 144 valence electrons. The molecule has 0 atom stereocenters. The second kappa shape index (κ2) is 7.27. The highest BCUT2D eigenvalue weighted by atomic mass is 19.1. The number of rotatable bonds is 4. The Bertz CT molecular complexity index is 1180. The van der Waals surface area contributed by atoms with Crippen molar-refractivity contribution < 1.29 is 13.9 Å². The van der Waals surface area contributed by atoms with Crippen molar-refractivity contribution in [3.05, 3.63) is 72.8 Å². The summed E-state index contributed by atoms with van der Waals surface area (Å²) >= 11 is 0. The molecule has 1 aliphatic heterocycles. The van der Waals surface area contributed by atoms with Crippen LogP contribution < -0.4 is 20.1 Å². The second-order valence-electron chi connectivity index (χ2n) is 6.52. The number of ether oxygens (including phenoxy) is 2. The van der Waals surface area contributed by atoms with Gasteiger partial charge in [0.25, 0.3) is 0 Å². The van der Waals surface area contributed by atoms with Crippen molar-refractivity contribution in [3.8, 4) is 17.2 Å². The van der Waals surface area contributed by atoms with Crippen molar-refractivity contribution in [1.29, 1.82) is 0 Å². The van der Waals surface area contributed by atoms with Crippen LogP contribution in [0.5, 0.6) is 17.2 Å². The summed E-state index contributed by atoms with van der Waals surface area (Å²) in [4.78, 5) is 8.75. The first kappa shape index (κ1) is 17.2. The van der Waals surface area contributed by atoms with Crippen LogP contribution in [-0.4, -0.2) is 23.1 Å². The molecule has 0 saturated carbocycles. The Balaban J connectivity index is 1.43. The highest BCUT2D eigenvalue weighted by molar-refractivity contribution is 5.99. The zero-order valence-electron chi connectivity index (χ0n) is 15.4. The minimum absolute atomic E-state index is 0.186. The molecular weight excluding hydrogens is 371 g/mol. The van der Waals surface area contributed by atoms with Gasteiger partial charge in [0.2, 0.25) is 0 Å². The first-order chi connectivity index (χ1) is 14.3. The zero-order chi connectivity index (χ0) is 19.6. The quantitative estimate of drug-likeness (QED) is 0.506. The average Bonchev–Trinajstić information content (AvgIpc) is 2.76. The van der Waals surface area contributed by atoms with Crippen molar-refractivity contribution >= 4 is 28.1 Å². The number of aromatic nitrogens is 2. The monoisotopic (exact) mass is 388 g/mol. The van der Waals surface area contributed by atoms with Crippen molar-refractivity contribution in [3.63, 3.8) is 0 Å². The largest absolute Gasteiger partial charge is 0.489 e. The topological polar surface area (TPSA) is 68.3 Å². The molecule has 29 heavy (non-hydrogen) atoms. The van der Waals surface area contributed by atoms with Gasteiger partial charge in [0.15, 0.2) is 17.3 Å². The molecule has 0 saturated heterocycles. The van der Waals surface area contributed by atoms with Crippen molar-refractivity contribution in [1.82, 2.24) is 9.97 Å². The summed E-state index contributed by atoms with van der Waals surface area (Å²) in [5.41, 5.74) is 2.53. The lowest BCUT2D eigenvalue weighted by atomic mass is 10.1. The number of benzene rings is 3. The van der Waals surface area contributed by atoms with Gasteiger partial charge in [-0.05, 0) is 48.5 Å². The molecule has 3 aromatic carbocycles. The normalized spacial score (nSPS) is 12.6. The maximum Gasteiger partial charge on any atom is 0.165 e. The highest BCUT2D eigenvalue weighted by Crippen LogP contribution is 2.39. The minimum Gasteiger partial charge on any atom is -0.489 e. The third-order valence-electron chi connectivity index (χ3n) is 4.60. The Labute approximate surface area is 166 Å². The number of para-hydroxylation sites is 1. The first-order valence-electron chi connectivity index (χ1n) is 9.22. The Hall–Kier alpha value is -3.87. The van der Waals surface area contributed by atoms with Crippen LogP contribution in [0.25, 0.3) is 10.9 Å².